The lowest BCUT2D eigenvalue weighted by Crippen LogP contribution is -2.27. The highest BCUT2D eigenvalue weighted by molar-refractivity contribution is 5.75. The van der Waals surface area contributed by atoms with Gasteiger partial charge in [0.1, 0.15) is 24.5 Å². The molecule has 0 bridgehead atoms. The Balaban J connectivity index is 2.72. The maximum Gasteiger partial charge on any atom is 0.325 e. The predicted molar refractivity (Wildman–Crippen MR) is 56.9 cm³/mol. The molecule has 1 aromatic rings. The summed E-state index contributed by atoms with van der Waals surface area (Å²) in [5.74, 6) is 1.07. The fraction of sp³-hybridized carbons (Fsp3) is 0.444. The van der Waals surface area contributed by atoms with E-state index < -0.39 is 0 Å². The van der Waals surface area contributed by atoms with Crippen molar-refractivity contribution < 1.29 is 9.53 Å². The zero-order valence-electron chi connectivity index (χ0n) is 9.02. The van der Waals surface area contributed by atoms with E-state index in [2.05, 4.69) is 20.0 Å². The molecule has 82 valence electrons. The summed E-state index contributed by atoms with van der Waals surface area (Å²) < 4.78 is 4.56. The minimum atomic E-state index is -0.304. The zero-order chi connectivity index (χ0) is 11.3. The number of methoxy groups -OCH3 is 1. The summed E-state index contributed by atoms with van der Waals surface area (Å²) >= 11 is 0. The normalized spacial score (nSPS) is 9.53. The summed E-state index contributed by atoms with van der Waals surface area (Å²) in [4.78, 5) is 20.7. The summed E-state index contributed by atoms with van der Waals surface area (Å²) in [6, 6.07) is 1.75. The first-order valence-electron chi connectivity index (χ1n) is 4.45. The van der Waals surface area contributed by atoms with Crippen LogP contribution in [-0.4, -0.2) is 43.7 Å². The van der Waals surface area contributed by atoms with Gasteiger partial charge in [0.15, 0.2) is 0 Å². The third-order valence-corrected chi connectivity index (χ3v) is 1.89. The van der Waals surface area contributed by atoms with Gasteiger partial charge in [0.25, 0.3) is 0 Å². The van der Waals surface area contributed by atoms with Crippen molar-refractivity contribution in [2.75, 3.05) is 38.0 Å². The Kier molecular flexibility index (Phi) is 3.84. The molecule has 6 heteroatoms. The molecule has 0 spiro atoms. The molecule has 0 radical (unpaired) electrons. The Hall–Kier alpha value is -1.85. The van der Waals surface area contributed by atoms with Gasteiger partial charge in [-0.15, -0.1) is 0 Å². The van der Waals surface area contributed by atoms with Crippen LogP contribution in [-0.2, 0) is 9.53 Å². The number of rotatable bonds is 4. The lowest BCUT2D eigenvalue weighted by Gasteiger charge is -2.16. The molecule has 0 saturated heterocycles. The van der Waals surface area contributed by atoms with Gasteiger partial charge < -0.3 is 15.0 Å². The number of carbonyl (C=O) groups is 1. The Morgan fingerprint density at radius 1 is 1.60 bits per heavy atom. The minimum absolute atomic E-state index is 0.163. The molecule has 0 aliphatic carbocycles. The van der Waals surface area contributed by atoms with Crippen molar-refractivity contribution in [3.63, 3.8) is 0 Å². The Bertz CT molecular complexity index is 343. The van der Waals surface area contributed by atoms with Crippen LogP contribution in [0.25, 0.3) is 0 Å². The first kappa shape index (κ1) is 11.2. The number of hydrogen-bond donors (Lipinski definition) is 1. The molecule has 1 aromatic heterocycles. The standard InChI is InChI=1S/C9H14N4O2/c1-10-7-4-8(12-6-11-7)13(2)5-9(14)15-3/h4,6H,5H2,1-3H3,(H,10,11,12). The van der Waals surface area contributed by atoms with E-state index in [1.807, 2.05) is 0 Å². The van der Waals surface area contributed by atoms with E-state index in [9.17, 15) is 4.79 Å². The molecule has 1 N–H and O–H groups in total. The van der Waals surface area contributed by atoms with Crippen LogP contribution in [0.1, 0.15) is 0 Å². The molecule has 15 heavy (non-hydrogen) atoms. The molecule has 0 atom stereocenters. The van der Waals surface area contributed by atoms with E-state index in [0.29, 0.717) is 11.6 Å². The first-order valence-corrected chi connectivity index (χ1v) is 4.45. The van der Waals surface area contributed by atoms with Crippen molar-refractivity contribution in [3.05, 3.63) is 12.4 Å². The number of ether oxygens (including phenoxy) is 1. The van der Waals surface area contributed by atoms with E-state index >= 15 is 0 Å². The maximum atomic E-state index is 11.0. The number of nitrogens with zero attached hydrogens (tertiary/aromatic N) is 3. The zero-order valence-corrected chi connectivity index (χ0v) is 9.02. The van der Waals surface area contributed by atoms with Gasteiger partial charge in [-0.05, 0) is 0 Å². The van der Waals surface area contributed by atoms with E-state index in [-0.39, 0.29) is 12.5 Å². The first-order chi connectivity index (χ1) is 7.17. The lowest BCUT2D eigenvalue weighted by molar-refractivity contribution is -0.138. The van der Waals surface area contributed by atoms with Gasteiger partial charge in [0.05, 0.1) is 7.11 Å². The highest BCUT2D eigenvalue weighted by Crippen LogP contribution is 2.11. The molecule has 6 nitrogen and oxygen atoms in total. The summed E-state index contributed by atoms with van der Waals surface area (Å²) in [5.41, 5.74) is 0. The van der Waals surface area contributed by atoms with E-state index in [0.717, 1.165) is 0 Å². The fourth-order valence-electron chi connectivity index (χ4n) is 1.03. The molecule has 0 unspecified atom stereocenters. The van der Waals surface area contributed by atoms with Crippen LogP contribution < -0.4 is 10.2 Å². The number of likely N-dealkylation sites (N-methyl/N-ethyl adjacent to an activating group) is 1. The monoisotopic (exact) mass is 210 g/mol. The van der Waals surface area contributed by atoms with E-state index in [1.54, 1.807) is 25.1 Å². The Morgan fingerprint density at radius 2 is 2.33 bits per heavy atom. The van der Waals surface area contributed by atoms with E-state index in [4.69, 9.17) is 0 Å². The van der Waals surface area contributed by atoms with Gasteiger partial charge in [-0.25, -0.2) is 9.97 Å². The number of carbonyl (C=O) groups excluding carboxylic acids is 1. The van der Waals surface area contributed by atoms with Gasteiger partial charge in [0, 0.05) is 20.2 Å². The molecular formula is C9H14N4O2. The third kappa shape index (κ3) is 3.08. The predicted octanol–water partition coefficient (Wildman–Crippen LogP) is 0.127. The summed E-state index contributed by atoms with van der Waals surface area (Å²) in [7, 11) is 4.89. The molecule has 0 fully saturated rings. The second kappa shape index (κ2) is 5.14. The van der Waals surface area contributed by atoms with Crippen molar-refractivity contribution >= 4 is 17.6 Å². The number of esters is 1. The van der Waals surface area contributed by atoms with Gasteiger partial charge >= 0.3 is 5.97 Å². The number of aromatic nitrogens is 2. The van der Waals surface area contributed by atoms with Crippen molar-refractivity contribution in [2.24, 2.45) is 0 Å². The average Bonchev–Trinajstić information content (AvgIpc) is 2.28. The molecule has 0 saturated carbocycles. The molecule has 0 aliphatic heterocycles. The molecular weight excluding hydrogens is 196 g/mol. The molecule has 0 aliphatic rings. The van der Waals surface area contributed by atoms with Gasteiger partial charge in [-0.3, -0.25) is 4.79 Å². The SMILES string of the molecule is CNc1cc(N(C)CC(=O)OC)ncn1. The van der Waals surface area contributed by atoms with Gasteiger partial charge in [-0.1, -0.05) is 0 Å². The van der Waals surface area contributed by atoms with Crippen LogP contribution in [0.4, 0.5) is 11.6 Å². The Labute approximate surface area is 88.3 Å². The smallest absolute Gasteiger partial charge is 0.325 e. The van der Waals surface area contributed by atoms with Gasteiger partial charge in [-0.2, -0.15) is 0 Å². The number of anilines is 2. The molecule has 1 rings (SSSR count). The summed E-state index contributed by atoms with van der Waals surface area (Å²) in [6.45, 7) is 0.163. The second-order valence-corrected chi connectivity index (χ2v) is 2.94. The summed E-state index contributed by atoms with van der Waals surface area (Å²) in [5, 5.41) is 2.90. The minimum Gasteiger partial charge on any atom is -0.468 e. The average molecular weight is 210 g/mol. The third-order valence-electron chi connectivity index (χ3n) is 1.89. The highest BCUT2D eigenvalue weighted by atomic mass is 16.5. The van der Waals surface area contributed by atoms with Crippen molar-refractivity contribution in [2.45, 2.75) is 0 Å². The topological polar surface area (TPSA) is 67.4 Å². The lowest BCUT2D eigenvalue weighted by atomic mass is 10.4. The van der Waals surface area contributed by atoms with E-state index in [1.165, 1.54) is 13.4 Å². The van der Waals surface area contributed by atoms with Crippen LogP contribution >= 0.6 is 0 Å². The van der Waals surface area contributed by atoms with Crippen LogP contribution in [0.15, 0.2) is 12.4 Å². The maximum absolute atomic E-state index is 11.0. The molecule has 1 heterocycles. The number of nitrogens with one attached hydrogen (secondary N) is 1. The van der Waals surface area contributed by atoms with Crippen molar-refractivity contribution in [1.29, 1.82) is 0 Å². The fourth-order valence-corrected chi connectivity index (χ4v) is 1.03. The highest BCUT2D eigenvalue weighted by Gasteiger charge is 2.08. The number of hydrogen-bond acceptors (Lipinski definition) is 6. The van der Waals surface area contributed by atoms with Gasteiger partial charge in [0.2, 0.25) is 0 Å². The van der Waals surface area contributed by atoms with Crippen molar-refractivity contribution in [3.8, 4) is 0 Å². The van der Waals surface area contributed by atoms with Crippen LogP contribution in [0.2, 0.25) is 0 Å². The molecule has 0 amide bonds. The second-order valence-electron chi connectivity index (χ2n) is 2.94. The van der Waals surface area contributed by atoms with Crippen molar-refractivity contribution in [1.82, 2.24) is 9.97 Å². The van der Waals surface area contributed by atoms with Crippen LogP contribution in [0, 0.1) is 0 Å². The molecule has 0 aromatic carbocycles. The van der Waals surface area contributed by atoms with Crippen LogP contribution in [0.5, 0.6) is 0 Å². The van der Waals surface area contributed by atoms with Crippen LogP contribution in [0.3, 0.4) is 0 Å². The summed E-state index contributed by atoms with van der Waals surface area (Å²) in [6.07, 6.45) is 1.44. The quantitative estimate of drug-likeness (QED) is 0.712. The Morgan fingerprint density at radius 3 is 2.93 bits per heavy atom. The largest absolute Gasteiger partial charge is 0.468 e.